The second-order valence-electron chi connectivity index (χ2n) is 13.8. The molecule has 14 nitrogen and oxygen atoms in total. The number of carbonyl (C=O) groups is 5. The molecular weight excluding hydrogens is 658 g/mol. The quantitative estimate of drug-likeness (QED) is 0.147. The SMILES string of the molecule is CC[C@H](C)[C@@H]([C@@H](CC(=O)N1CCC[C@H]1[C@H](OC)[C@@H](C)C(=O)N[C@@H](Cc1ccccc1OC)C(=O)O)OC)N(C)C(=O)CNC(=O)[C@@H](NC)C(C)C. The van der Waals surface area contributed by atoms with Crippen molar-refractivity contribution in [1.82, 2.24) is 25.8 Å². The Labute approximate surface area is 303 Å². The zero-order valence-corrected chi connectivity index (χ0v) is 32.1. The minimum atomic E-state index is -1.21. The second kappa shape index (κ2) is 20.9. The highest BCUT2D eigenvalue weighted by Crippen LogP contribution is 2.29. The monoisotopic (exact) mass is 719 g/mol. The van der Waals surface area contributed by atoms with Gasteiger partial charge in [0.25, 0.3) is 0 Å². The molecule has 1 fully saturated rings. The smallest absolute Gasteiger partial charge is 0.326 e. The van der Waals surface area contributed by atoms with Crippen molar-refractivity contribution < 1.29 is 43.3 Å². The first kappa shape index (κ1) is 43.4. The lowest BCUT2D eigenvalue weighted by atomic mass is 9.90. The molecule has 288 valence electrons. The summed E-state index contributed by atoms with van der Waals surface area (Å²) in [7, 11) is 7.86. The second-order valence-corrected chi connectivity index (χ2v) is 13.8. The van der Waals surface area contributed by atoms with Crippen LogP contribution in [-0.2, 0) is 39.9 Å². The van der Waals surface area contributed by atoms with Gasteiger partial charge in [-0.05, 0) is 43.4 Å². The molecule has 1 saturated heterocycles. The summed E-state index contributed by atoms with van der Waals surface area (Å²) >= 11 is 0. The molecule has 1 heterocycles. The number of carbonyl (C=O) groups excluding carboxylic acids is 4. The van der Waals surface area contributed by atoms with Gasteiger partial charge >= 0.3 is 5.97 Å². The molecule has 1 aliphatic heterocycles. The lowest BCUT2D eigenvalue weighted by molar-refractivity contribution is -0.147. The highest BCUT2D eigenvalue weighted by Gasteiger charge is 2.42. The zero-order valence-electron chi connectivity index (χ0n) is 32.1. The Hall–Kier alpha value is -3.75. The van der Waals surface area contributed by atoms with Gasteiger partial charge in [-0.25, -0.2) is 4.79 Å². The van der Waals surface area contributed by atoms with Crippen LogP contribution in [0, 0.1) is 17.8 Å². The van der Waals surface area contributed by atoms with E-state index in [-0.39, 0.29) is 48.9 Å². The van der Waals surface area contributed by atoms with Crippen molar-refractivity contribution >= 4 is 29.6 Å². The Morgan fingerprint density at radius 1 is 1.02 bits per heavy atom. The number of methoxy groups -OCH3 is 3. The number of nitrogens with one attached hydrogen (secondary N) is 3. The number of carboxylic acid groups (broad SMARTS) is 1. The molecule has 0 radical (unpaired) electrons. The summed E-state index contributed by atoms with van der Waals surface area (Å²) in [6, 6.07) is 4.50. The summed E-state index contributed by atoms with van der Waals surface area (Å²) in [4.78, 5) is 69.0. The van der Waals surface area contributed by atoms with Crippen LogP contribution in [0.3, 0.4) is 0 Å². The fraction of sp³-hybridized carbons (Fsp3) is 0.703. The van der Waals surface area contributed by atoms with E-state index in [4.69, 9.17) is 14.2 Å². The molecule has 14 heteroatoms. The van der Waals surface area contributed by atoms with Gasteiger partial charge in [-0.3, -0.25) is 19.2 Å². The largest absolute Gasteiger partial charge is 0.496 e. The highest BCUT2D eigenvalue weighted by atomic mass is 16.5. The summed E-state index contributed by atoms with van der Waals surface area (Å²) in [6.07, 6.45) is 0.673. The van der Waals surface area contributed by atoms with Crippen LogP contribution in [0.4, 0.5) is 0 Å². The zero-order chi connectivity index (χ0) is 38.4. The van der Waals surface area contributed by atoms with E-state index in [2.05, 4.69) is 16.0 Å². The lowest BCUT2D eigenvalue weighted by Gasteiger charge is -2.39. The van der Waals surface area contributed by atoms with Crippen LogP contribution in [0.1, 0.15) is 65.9 Å². The molecule has 4 amide bonds. The Bertz CT molecular complexity index is 1310. The summed E-state index contributed by atoms with van der Waals surface area (Å²) in [6.45, 7) is 9.77. The molecule has 0 aromatic heterocycles. The topological polar surface area (TPSA) is 176 Å². The van der Waals surface area contributed by atoms with Crippen molar-refractivity contribution in [3.05, 3.63) is 29.8 Å². The molecule has 0 aliphatic carbocycles. The third kappa shape index (κ3) is 11.6. The maximum Gasteiger partial charge on any atom is 0.326 e. The average molecular weight is 720 g/mol. The summed E-state index contributed by atoms with van der Waals surface area (Å²) in [5.41, 5.74) is 0.644. The van der Waals surface area contributed by atoms with Gasteiger partial charge in [0.15, 0.2) is 0 Å². The summed E-state index contributed by atoms with van der Waals surface area (Å²) in [5, 5.41) is 18.3. The minimum absolute atomic E-state index is 0.0157. The van der Waals surface area contributed by atoms with E-state index in [9.17, 15) is 29.1 Å². The van der Waals surface area contributed by atoms with E-state index >= 15 is 0 Å². The van der Waals surface area contributed by atoms with Gasteiger partial charge in [0, 0.05) is 34.2 Å². The molecular formula is C37H61N5O9. The molecule has 1 aromatic carbocycles. The normalized spacial score (nSPS) is 18.6. The Balaban J connectivity index is 2.19. The van der Waals surface area contributed by atoms with Gasteiger partial charge < -0.3 is 45.1 Å². The van der Waals surface area contributed by atoms with Gasteiger partial charge in [-0.15, -0.1) is 0 Å². The fourth-order valence-electron chi connectivity index (χ4n) is 7.08. The van der Waals surface area contributed by atoms with Crippen molar-refractivity contribution in [3.8, 4) is 5.75 Å². The van der Waals surface area contributed by atoms with E-state index in [0.29, 0.717) is 30.7 Å². The maximum atomic E-state index is 14.0. The highest BCUT2D eigenvalue weighted by molar-refractivity contribution is 5.88. The van der Waals surface area contributed by atoms with Crippen LogP contribution in [-0.4, -0.2) is 129 Å². The van der Waals surface area contributed by atoms with Crippen molar-refractivity contribution in [2.24, 2.45) is 17.8 Å². The van der Waals surface area contributed by atoms with Crippen LogP contribution in [0.2, 0.25) is 0 Å². The Morgan fingerprint density at radius 2 is 1.69 bits per heavy atom. The van der Waals surface area contributed by atoms with Crippen LogP contribution in [0.15, 0.2) is 24.3 Å². The Kier molecular flexibility index (Phi) is 17.8. The molecule has 1 aliphatic rings. The lowest BCUT2D eigenvalue weighted by Crippen LogP contribution is -2.55. The number of aliphatic carboxylic acids is 1. The van der Waals surface area contributed by atoms with E-state index in [1.54, 1.807) is 55.1 Å². The molecule has 1 aromatic rings. The molecule has 2 rings (SSSR count). The van der Waals surface area contributed by atoms with E-state index < -0.39 is 54.2 Å². The first-order valence-corrected chi connectivity index (χ1v) is 17.9. The predicted molar refractivity (Wildman–Crippen MR) is 193 cm³/mol. The molecule has 0 bridgehead atoms. The average Bonchev–Trinajstić information content (AvgIpc) is 3.59. The van der Waals surface area contributed by atoms with E-state index in [0.717, 1.165) is 6.42 Å². The number of carboxylic acids is 1. The van der Waals surface area contributed by atoms with Gasteiger partial charge in [-0.2, -0.15) is 0 Å². The predicted octanol–water partition coefficient (Wildman–Crippen LogP) is 2.09. The molecule has 51 heavy (non-hydrogen) atoms. The number of likely N-dealkylation sites (tertiary alicyclic amines) is 1. The van der Waals surface area contributed by atoms with Crippen LogP contribution in [0.5, 0.6) is 5.75 Å². The number of benzene rings is 1. The summed E-state index contributed by atoms with van der Waals surface area (Å²) < 4.78 is 17.1. The van der Waals surface area contributed by atoms with Gasteiger partial charge in [-0.1, -0.05) is 59.2 Å². The number of para-hydroxylation sites is 1. The molecule has 8 atom stereocenters. The number of nitrogens with zero attached hydrogens (tertiary/aromatic N) is 2. The van der Waals surface area contributed by atoms with Crippen molar-refractivity contribution in [2.75, 3.05) is 48.5 Å². The first-order chi connectivity index (χ1) is 24.2. The number of ether oxygens (including phenoxy) is 3. The number of amides is 4. The van der Waals surface area contributed by atoms with Crippen LogP contribution < -0.4 is 20.7 Å². The van der Waals surface area contributed by atoms with Crippen LogP contribution in [0.25, 0.3) is 0 Å². The van der Waals surface area contributed by atoms with Gasteiger partial charge in [0.2, 0.25) is 23.6 Å². The molecule has 4 N–H and O–H groups in total. The van der Waals surface area contributed by atoms with Crippen molar-refractivity contribution in [1.29, 1.82) is 0 Å². The van der Waals surface area contributed by atoms with Crippen molar-refractivity contribution in [2.45, 2.75) is 103 Å². The van der Waals surface area contributed by atoms with Gasteiger partial charge in [0.05, 0.1) is 56.3 Å². The van der Waals surface area contributed by atoms with Crippen LogP contribution >= 0.6 is 0 Å². The fourth-order valence-corrected chi connectivity index (χ4v) is 7.08. The maximum absolute atomic E-state index is 14.0. The Morgan fingerprint density at radius 3 is 2.24 bits per heavy atom. The number of rotatable bonds is 21. The standard InChI is InChI=1S/C37H61N5O9/c1-11-23(4)33(41(7)31(44)21-39-36(46)32(38-6)22(2)3)29(50-9)20-30(43)42-18-14-16-27(42)34(51-10)24(5)35(45)40-26(37(47)48)19-25-15-12-13-17-28(25)49-8/h12-13,15,17,22-24,26-27,29,32-34,38H,11,14,16,18-21H2,1-10H3,(H,39,46)(H,40,45)(H,47,48)/t23-,24+,26-,27-,29+,32-,33-,34+/m0/s1. The number of likely N-dealkylation sites (N-methyl/N-ethyl adjacent to an activating group) is 2. The molecule has 0 saturated carbocycles. The minimum Gasteiger partial charge on any atom is -0.496 e. The summed E-state index contributed by atoms with van der Waals surface area (Å²) in [5.74, 6) is -2.70. The number of hydrogen-bond donors (Lipinski definition) is 4. The molecule has 0 unspecified atom stereocenters. The third-order valence-electron chi connectivity index (χ3n) is 10.2. The molecule has 0 spiro atoms. The first-order valence-electron chi connectivity index (χ1n) is 17.9. The number of hydrogen-bond acceptors (Lipinski definition) is 9. The van der Waals surface area contributed by atoms with E-state index in [1.165, 1.54) is 21.3 Å². The third-order valence-corrected chi connectivity index (χ3v) is 10.2. The van der Waals surface area contributed by atoms with Crippen molar-refractivity contribution in [3.63, 3.8) is 0 Å². The van der Waals surface area contributed by atoms with E-state index in [1.807, 2.05) is 27.7 Å². The van der Waals surface area contributed by atoms with Gasteiger partial charge in [0.1, 0.15) is 11.8 Å².